The second-order valence-electron chi connectivity index (χ2n) is 5.06. The largest absolute Gasteiger partial charge is 0.326 e. The average molecular weight is 387 g/mol. The van der Waals surface area contributed by atoms with E-state index in [0.717, 1.165) is 5.56 Å². The molecule has 0 atom stereocenters. The molecular weight excluding hydrogens is 371 g/mol. The maximum absolute atomic E-state index is 12.0. The van der Waals surface area contributed by atoms with Gasteiger partial charge < -0.3 is 5.32 Å². The number of benzene rings is 2. The van der Waals surface area contributed by atoms with E-state index < -0.39 is 10.0 Å². The average Bonchev–Trinajstić information content (AvgIpc) is 2.52. The van der Waals surface area contributed by atoms with Gasteiger partial charge in [0.25, 0.3) is 0 Å². The molecule has 2 aromatic rings. The van der Waals surface area contributed by atoms with Crippen molar-refractivity contribution in [1.82, 2.24) is 0 Å². The van der Waals surface area contributed by atoms with Crippen LogP contribution in [-0.4, -0.2) is 20.1 Å². The first-order valence-electron chi connectivity index (χ1n) is 7.13. The highest BCUT2D eigenvalue weighted by Crippen LogP contribution is 2.23. The highest BCUT2D eigenvalue weighted by molar-refractivity contribution is 7.92. The Bertz CT molecular complexity index is 837. The summed E-state index contributed by atoms with van der Waals surface area (Å²) < 4.78 is 25.4. The molecule has 0 saturated heterocycles. The minimum atomic E-state index is -3.32. The maximum Gasteiger partial charge on any atom is 0.232 e. The Kier molecular flexibility index (Phi) is 6.10. The molecule has 2 rings (SSSR count). The molecule has 0 fully saturated rings. The van der Waals surface area contributed by atoms with Crippen LogP contribution in [0.1, 0.15) is 12.5 Å². The van der Waals surface area contributed by atoms with Gasteiger partial charge in [0.1, 0.15) is 0 Å². The monoisotopic (exact) mass is 386 g/mol. The number of anilines is 2. The molecule has 24 heavy (non-hydrogen) atoms. The van der Waals surface area contributed by atoms with Crippen LogP contribution in [0.2, 0.25) is 10.0 Å². The number of amides is 1. The lowest BCUT2D eigenvalue weighted by atomic mass is 10.1. The lowest BCUT2D eigenvalue weighted by Crippen LogP contribution is -2.15. The van der Waals surface area contributed by atoms with Crippen molar-refractivity contribution in [1.29, 1.82) is 0 Å². The summed E-state index contributed by atoms with van der Waals surface area (Å²) in [4.78, 5) is 12.0. The zero-order valence-electron chi connectivity index (χ0n) is 12.8. The van der Waals surface area contributed by atoms with Gasteiger partial charge in [0.05, 0.1) is 22.2 Å². The minimum Gasteiger partial charge on any atom is -0.326 e. The molecule has 2 N–H and O–H groups in total. The molecule has 0 aliphatic heterocycles. The maximum atomic E-state index is 12.0. The van der Waals surface area contributed by atoms with E-state index in [4.69, 9.17) is 23.2 Å². The van der Waals surface area contributed by atoms with Gasteiger partial charge in [-0.1, -0.05) is 29.3 Å². The van der Waals surface area contributed by atoms with Crippen LogP contribution in [0.3, 0.4) is 0 Å². The Balaban J connectivity index is 1.98. The van der Waals surface area contributed by atoms with Crippen LogP contribution in [0, 0.1) is 0 Å². The summed E-state index contributed by atoms with van der Waals surface area (Å²) in [6.07, 6.45) is 0.154. The third kappa shape index (κ3) is 5.40. The number of sulfonamides is 1. The van der Waals surface area contributed by atoms with Gasteiger partial charge in [0.2, 0.25) is 15.9 Å². The molecule has 0 heterocycles. The number of rotatable bonds is 6. The molecule has 128 valence electrons. The van der Waals surface area contributed by atoms with Gasteiger partial charge in [-0.2, -0.15) is 0 Å². The Hall–Kier alpha value is -1.76. The standard InChI is InChI=1S/C16H16Cl2N2O3S/c1-2-24(22,23)20-13-6-4-12(5-7-13)19-16(21)10-11-3-8-14(17)15(18)9-11/h3-9,20H,2,10H2,1H3,(H,19,21). The SMILES string of the molecule is CCS(=O)(=O)Nc1ccc(NC(=O)Cc2ccc(Cl)c(Cl)c2)cc1. The fraction of sp³-hybridized carbons (Fsp3) is 0.188. The van der Waals surface area contributed by atoms with Crippen molar-refractivity contribution in [3.05, 3.63) is 58.1 Å². The number of hydrogen-bond donors (Lipinski definition) is 2. The van der Waals surface area contributed by atoms with Crippen LogP contribution in [0.15, 0.2) is 42.5 Å². The Morgan fingerprint density at radius 1 is 1.00 bits per heavy atom. The summed E-state index contributed by atoms with van der Waals surface area (Å²) in [5.41, 5.74) is 1.76. The van der Waals surface area contributed by atoms with Crippen LogP contribution in [-0.2, 0) is 21.2 Å². The molecule has 0 unspecified atom stereocenters. The van der Waals surface area contributed by atoms with Crippen LogP contribution >= 0.6 is 23.2 Å². The molecule has 2 aromatic carbocycles. The van der Waals surface area contributed by atoms with E-state index in [1.165, 1.54) is 0 Å². The fourth-order valence-electron chi connectivity index (χ4n) is 1.91. The molecule has 0 spiro atoms. The molecule has 0 aliphatic carbocycles. The zero-order chi connectivity index (χ0) is 17.7. The summed E-state index contributed by atoms with van der Waals surface area (Å²) in [7, 11) is -3.32. The van der Waals surface area contributed by atoms with Crippen molar-refractivity contribution in [2.75, 3.05) is 15.8 Å². The molecular formula is C16H16Cl2N2O3S. The smallest absolute Gasteiger partial charge is 0.232 e. The van der Waals surface area contributed by atoms with Crippen LogP contribution in [0.4, 0.5) is 11.4 Å². The first-order valence-corrected chi connectivity index (χ1v) is 9.54. The van der Waals surface area contributed by atoms with Crippen LogP contribution in [0.5, 0.6) is 0 Å². The third-order valence-electron chi connectivity index (χ3n) is 3.17. The predicted molar refractivity (Wildman–Crippen MR) is 98.3 cm³/mol. The minimum absolute atomic E-state index is 0.00482. The Morgan fingerprint density at radius 3 is 2.21 bits per heavy atom. The van der Waals surface area contributed by atoms with E-state index >= 15 is 0 Å². The summed E-state index contributed by atoms with van der Waals surface area (Å²) >= 11 is 11.8. The van der Waals surface area contributed by atoms with E-state index in [1.54, 1.807) is 49.4 Å². The molecule has 8 heteroatoms. The van der Waals surface area contributed by atoms with Crippen LogP contribution < -0.4 is 10.0 Å². The van der Waals surface area contributed by atoms with Crippen LogP contribution in [0.25, 0.3) is 0 Å². The molecule has 0 aliphatic rings. The summed E-state index contributed by atoms with van der Waals surface area (Å²) in [5, 5.41) is 3.57. The Labute approximate surface area is 151 Å². The summed E-state index contributed by atoms with van der Waals surface area (Å²) in [6, 6.07) is 11.4. The number of nitrogens with one attached hydrogen (secondary N) is 2. The summed E-state index contributed by atoms with van der Waals surface area (Å²) in [6.45, 7) is 1.56. The molecule has 0 radical (unpaired) electrons. The fourth-order valence-corrected chi connectivity index (χ4v) is 2.87. The second kappa shape index (κ2) is 7.88. The molecule has 0 saturated carbocycles. The highest BCUT2D eigenvalue weighted by Gasteiger charge is 2.08. The second-order valence-corrected chi connectivity index (χ2v) is 7.88. The lowest BCUT2D eigenvalue weighted by molar-refractivity contribution is -0.115. The molecule has 5 nitrogen and oxygen atoms in total. The van der Waals surface area contributed by atoms with Crippen molar-refractivity contribution < 1.29 is 13.2 Å². The lowest BCUT2D eigenvalue weighted by Gasteiger charge is -2.09. The van der Waals surface area contributed by atoms with E-state index in [1.807, 2.05) is 0 Å². The predicted octanol–water partition coefficient (Wildman–Crippen LogP) is 3.94. The van der Waals surface area contributed by atoms with Crippen molar-refractivity contribution in [2.24, 2.45) is 0 Å². The number of carbonyl (C=O) groups is 1. The van der Waals surface area contributed by atoms with E-state index in [-0.39, 0.29) is 18.1 Å². The number of halogens is 2. The third-order valence-corrected chi connectivity index (χ3v) is 5.22. The molecule has 0 aromatic heterocycles. The summed E-state index contributed by atoms with van der Waals surface area (Å²) in [5.74, 6) is -0.218. The van der Waals surface area contributed by atoms with Crippen molar-refractivity contribution >= 4 is 50.5 Å². The van der Waals surface area contributed by atoms with Gasteiger partial charge in [-0.3, -0.25) is 9.52 Å². The van der Waals surface area contributed by atoms with Crippen molar-refractivity contribution in [3.8, 4) is 0 Å². The normalized spacial score (nSPS) is 11.1. The van der Waals surface area contributed by atoms with Crippen molar-refractivity contribution in [3.63, 3.8) is 0 Å². The van der Waals surface area contributed by atoms with E-state index in [9.17, 15) is 13.2 Å². The van der Waals surface area contributed by atoms with Gasteiger partial charge in [-0.15, -0.1) is 0 Å². The van der Waals surface area contributed by atoms with Gasteiger partial charge >= 0.3 is 0 Å². The van der Waals surface area contributed by atoms with Gasteiger partial charge in [0, 0.05) is 11.4 Å². The van der Waals surface area contributed by atoms with Gasteiger partial charge in [-0.25, -0.2) is 8.42 Å². The molecule has 0 bridgehead atoms. The number of hydrogen-bond acceptors (Lipinski definition) is 3. The zero-order valence-corrected chi connectivity index (χ0v) is 15.2. The first kappa shape index (κ1) is 18.6. The van der Waals surface area contributed by atoms with E-state index in [0.29, 0.717) is 21.4 Å². The quantitative estimate of drug-likeness (QED) is 0.789. The molecule has 1 amide bonds. The first-order chi connectivity index (χ1) is 11.3. The van der Waals surface area contributed by atoms with E-state index in [2.05, 4.69) is 10.0 Å². The topological polar surface area (TPSA) is 75.3 Å². The van der Waals surface area contributed by atoms with Gasteiger partial charge in [0.15, 0.2) is 0 Å². The Morgan fingerprint density at radius 2 is 1.62 bits per heavy atom. The van der Waals surface area contributed by atoms with Crippen molar-refractivity contribution in [2.45, 2.75) is 13.3 Å². The number of carbonyl (C=O) groups excluding carboxylic acids is 1. The van der Waals surface area contributed by atoms with Gasteiger partial charge in [-0.05, 0) is 48.9 Å². The highest BCUT2D eigenvalue weighted by atomic mass is 35.5.